The van der Waals surface area contributed by atoms with Crippen LogP contribution in [0.2, 0.25) is 0 Å². The number of rotatable bonds is 13. The van der Waals surface area contributed by atoms with Crippen LogP contribution in [0.25, 0.3) is 0 Å². The monoisotopic (exact) mass is 335 g/mol. The molecule has 0 saturated heterocycles. The van der Waals surface area contributed by atoms with Gasteiger partial charge in [-0.1, -0.05) is 102 Å². The van der Waals surface area contributed by atoms with E-state index in [1.807, 2.05) is 30.3 Å². The highest BCUT2D eigenvalue weighted by atomic mass is 32.1. The fraction of sp³-hybridized carbons (Fsp3) is 0.650. The molecule has 23 heavy (non-hydrogen) atoms. The molecule has 0 radical (unpaired) electrons. The maximum absolute atomic E-state index is 10.1. The smallest absolute Gasteiger partial charge is 0.109 e. The summed E-state index contributed by atoms with van der Waals surface area (Å²) in [4.78, 5) is 0.534. The number of nitrogens with one attached hydrogen (secondary N) is 1. The van der Waals surface area contributed by atoms with Crippen molar-refractivity contribution in [3.63, 3.8) is 0 Å². The predicted octanol–water partition coefficient (Wildman–Crippen LogP) is 6.10. The molecule has 1 atom stereocenters. The van der Waals surface area contributed by atoms with Gasteiger partial charge in [0.1, 0.15) is 11.1 Å². The van der Waals surface area contributed by atoms with Crippen molar-refractivity contribution < 1.29 is 5.11 Å². The van der Waals surface area contributed by atoms with Crippen molar-refractivity contribution in [1.29, 1.82) is 0 Å². The van der Waals surface area contributed by atoms with Gasteiger partial charge >= 0.3 is 0 Å². The summed E-state index contributed by atoms with van der Waals surface area (Å²) in [5.74, 6) is 0. The van der Waals surface area contributed by atoms with Crippen molar-refractivity contribution in [1.82, 2.24) is 0 Å². The van der Waals surface area contributed by atoms with E-state index in [9.17, 15) is 5.11 Å². The van der Waals surface area contributed by atoms with Crippen molar-refractivity contribution in [2.24, 2.45) is 0 Å². The topological polar surface area (TPSA) is 32.3 Å². The van der Waals surface area contributed by atoms with Crippen LogP contribution in [0, 0.1) is 0 Å². The van der Waals surface area contributed by atoms with E-state index in [0.29, 0.717) is 4.99 Å². The summed E-state index contributed by atoms with van der Waals surface area (Å²) in [6.45, 7) is 2.26. The van der Waals surface area contributed by atoms with Crippen LogP contribution in [-0.4, -0.2) is 16.2 Å². The standard InChI is InChI=1S/C20H33NOS/c1-2-3-4-5-6-7-8-9-10-14-17-19(22)20(23)21-18-15-12-11-13-16-18/h11-13,15-16,19,22H,2-10,14,17H2,1H3,(H,21,23). The van der Waals surface area contributed by atoms with Gasteiger partial charge in [0.15, 0.2) is 0 Å². The second kappa shape index (κ2) is 13.5. The molecule has 0 aliphatic heterocycles. The molecule has 0 bridgehead atoms. The van der Waals surface area contributed by atoms with Gasteiger partial charge < -0.3 is 10.4 Å². The zero-order valence-electron chi connectivity index (χ0n) is 14.6. The second-order valence-electron chi connectivity index (χ2n) is 6.34. The minimum atomic E-state index is -0.528. The first-order valence-electron chi connectivity index (χ1n) is 9.28. The fourth-order valence-electron chi connectivity index (χ4n) is 2.70. The average Bonchev–Trinajstić information content (AvgIpc) is 2.57. The molecule has 1 aromatic carbocycles. The Balaban J connectivity index is 1.97. The van der Waals surface area contributed by atoms with Crippen molar-refractivity contribution >= 4 is 22.9 Å². The lowest BCUT2D eigenvalue weighted by Gasteiger charge is -2.14. The van der Waals surface area contributed by atoms with Crippen LogP contribution in [-0.2, 0) is 0 Å². The lowest BCUT2D eigenvalue weighted by atomic mass is 10.0. The van der Waals surface area contributed by atoms with Gasteiger partial charge in [0.25, 0.3) is 0 Å². The number of thiocarbonyl (C=S) groups is 1. The number of unbranched alkanes of at least 4 members (excludes halogenated alkanes) is 9. The van der Waals surface area contributed by atoms with E-state index < -0.39 is 6.10 Å². The third kappa shape index (κ3) is 10.5. The minimum Gasteiger partial charge on any atom is -0.386 e. The molecule has 2 nitrogen and oxygen atoms in total. The number of hydrogen-bond acceptors (Lipinski definition) is 2. The zero-order valence-corrected chi connectivity index (χ0v) is 15.4. The molecule has 0 aromatic heterocycles. The molecule has 0 fully saturated rings. The van der Waals surface area contributed by atoms with Gasteiger partial charge in [0, 0.05) is 5.69 Å². The Labute approximate surface area is 147 Å². The molecule has 1 unspecified atom stereocenters. The summed E-state index contributed by atoms with van der Waals surface area (Å²) in [6, 6.07) is 9.80. The lowest BCUT2D eigenvalue weighted by Crippen LogP contribution is -2.25. The first-order chi connectivity index (χ1) is 11.2. The van der Waals surface area contributed by atoms with E-state index in [0.717, 1.165) is 18.5 Å². The average molecular weight is 336 g/mol. The highest BCUT2D eigenvalue weighted by molar-refractivity contribution is 7.80. The van der Waals surface area contributed by atoms with Crippen molar-refractivity contribution in [2.75, 3.05) is 5.32 Å². The SMILES string of the molecule is CCCCCCCCCCCCC(O)C(=S)Nc1ccccc1. The second-order valence-corrected chi connectivity index (χ2v) is 6.78. The molecular weight excluding hydrogens is 302 g/mol. The van der Waals surface area contributed by atoms with Crippen LogP contribution in [0.1, 0.15) is 77.6 Å². The van der Waals surface area contributed by atoms with Crippen LogP contribution < -0.4 is 5.32 Å². The normalized spacial score (nSPS) is 12.1. The summed E-state index contributed by atoms with van der Waals surface area (Å²) < 4.78 is 0. The fourth-order valence-corrected chi connectivity index (χ4v) is 2.94. The lowest BCUT2D eigenvalue weighted by molar-refractivity contribution is 0.228. The van der Waals surface area contributed by atoms with E-state index in [1.165, 1.54) is 57.8 Å². The molecule has 3 heteroatoms. The van der Waals surface area contributed by atoms with Gasteiger partial charge in [-0.3, -0.25) is 0 Å². The van der Waals surface area contributed by atoms with Crippen molar-refractivity contribution in [2.45, 2.75) is 83.7 Å². The van der Waals surface area contributed by atoms with E-state index in [-0.39, 0.29) is 0 Å². The minimum absolute atomic E-state index is 0.528. The molecule has 0 aliphatic carbocycles. The summed E-state index contributed by atoms with van der Waals surface area (Å²) in [5, 5.41) is 13.2. The molecule has 2 N–H and O–H groups in total. The van der Waals surface area contributed by atoms with Crippen molar-refractivity contribution in [3.05, 3.63) is 30.3 Å². The summed E-state index contributed by atoms with van der Waals surface area (Å²) in [7, 11) is 0. The van der Waals surface area contributed by atoms with Gasteiger partial charge in [-0.15, -0.1) is 0 Å². The molecular formula is C20H33NOS. The van der Waals surface area contributed by atoms with E-state index >= 15 is 0 Å². The third-order valence-electron chi connectivity index (χ3n) is 4.18. The van der Waals surface area contributed by atoms with Crippen LogP contribution in [0.3, 0.4) is 0 Å². The molecule has 0 amide bonds. The Morgan fingerprint density at radius 3 is 2.00 bits per heavy atom. The van der Waals surface area contributed by atoms with E-state index in [4.69, 9.17) is 12.2 Å². The largest absolute Gasteiger partial charge is 0.386 e. The zero-order chi connectivity index (χ0) is 16.8. The summed E-state index contributed by atoms with van der Waals surface area (Å²) in [6.07, 6.45) is 13.3. The van der Waals surface area contributed by atoms with Crippen LogP contribution in [0.4, 0.5) is 5.69 Å². The van der Waals surface area contributed by atoms with Gasteiger partial charge in [0.2, 0.25) is 0 Å². The third-order valence-corrected chi connectivity index (χ3v) is 4.55. The molecule has 1 aromatic rings. The Morgan fingerprint density at radius 1 is 0.913 bits per heavy atom. The summed E-state index contributed by atoms with van der Waals surface area (Å²) in [5.41, 5.74) is 0.944. The van der Waals surface area contributed by atoms with Crippen LogP contribution in [0.15, 0.2) is 30.3 Å². The molecule has 0 heterocycles. The van der Waals surface area contributed by atoms with E-state index in [2.05, 4.69) is 12.2 Å². The quantitative estimate of drug-likeness (QED) is 0.337. The number of benzene rings is 1. The van der Waals surface area contributed by atoms with Gasteiger partial charge in [-0.05, 0) is 18.6 Å². The Bertz CT molecular complexity index is 407. The highest BCUT2D eigenvalue weighted by Gasteiger charge is 2.10. The first-order valence-corrected chi connectivity index (χ1v) is 9.69. The molecule has 0 spiro atoms. The molecule has 0 aliphatic rings. The van der Waals surface area contributed by atoms with E-state index in [1.54, 1.807) is 0 Å². The maximum Gasteiger partial charge on any atom is 0.109 e. The molecule has 1 rings (SSSR count). The Kier molecular flexibility index (Phi) is 11.8. The number of hydrogen-bond donors (Lipinski definition) is 2. The first kappa shape index (κ1) is 20.1. The number of aliphatic hydroxyl groups is 1. The number of aliphatic hydroxyl groups excluding tert-OH is 1. The van der Waals surface area contributed by atoms with Gasteiger partial charge in [0.05, 0.1) is 0 Å². The Hall–Kier alpha value is -0.930. The van der Waals surface area contributed by atoms with Crippen LogP contribution in [0.5, 0.6) is 0 Å². The van der Waals surface area contributed by atoms with Gasteiger partial charge in [-0.25, -0.2) is 0 Å². The van der Waals surface area contributed by atoms with Crippen molar-refractivity contribution in [3.8, 4) is 0 Å². The van der Waals surface area contributed by atoms with Crippen LogP contribution >= 0.6 is 12.2 Å². The number of para-hydroxylation sites is 1. The maximum atomic E-state index is 10.1. The molecule has 0 saturated carbocycles. The van der Waals surface area contributed by atoms with Gasteiger partial charge in [-0.2, -0.15) is 0 Å². The molecule has 130 valence electrons. The predicted molar refractivity (Wildman–Crippen MR) is 105 cm³/mol. The Morgan fingerprint density at radius 2 is 1.43 bits per heavy atom. The number of anilines is 1. The highest BCUT2D eigenvalue weighted by Crippen LogP contribution is 2.13. The summed E-state index contributed by atoms with van der Waals surface area (Å²) >= 11 is 5.27.